The summed E-state index contributed by atoms with van der Waals surface area (Å²) < 4.78 is 70.0. The van der Waals surface area contributed by atoms with Gasteiger partial charge in [-0.3, -0.25) is 13.9 Å². The number of carbonyl (C=O) groups excluding carboxylic acids is 2. The first-order valence-corrected chi connectivity index (χ1v) is 17.2. The maximum atomic E-state index is 14.5. The van der Waals surface area contributed by atoms with Gasteiger partial charge >= 0.3 is 6.18 Å². The van der Waals surface area contributed by atoms with Gasteiger partial charge in [0.25, 0.3) is 10.0 Å². The Labute approximate surface area is 288 Å². The van der Waals surface area contributed by atoms with Gasteiger partial charge in [0, 0.05) is 29.6 Å². The molecule has 1 N–H and O–H groups in total. The molecule has 0 radical (unpaired) electrons. The van der Waals surface area contributed by atoms with Crippen molar-refractivity contribution >= 4 is 50.7 Å². The average Bonchev–Trinajstić information content (AvgIpc) is 3.05. The highest BCUT2D eigenvalue weighted by Crippen LogP contribution is 2.34. The molecule has 2 amide bonds. The van der Waals surface area contributed by atoms with Crippen LogP contribution in [0.3, 0.4) is 0 Å². The van der Waals surface area contributed by atoms with Crippen molar-refractivity contribution in [3.8, 4) is 0 Å². The van der Waals surface area contributed by atoms with E-state index < -0.39 is 46.2 Å². The van der Waals surface area contributed by atoms with Crippen LogP contribution in [0, 0.1) is 5.92 Å². The number of halogens is 5. The van der Waals surface area contributed by atoms with E-state index in [9.17, 15) is 31.2 Å². The van der Waals surface area contributed by atoms with Crippen LogP contribution in [0.25, 0.3) is 0 Å². The Hall–Kier alpha value is -4.06. The van der Waals surface area contributed by atoms with Gasteiger partial charge in [-0.15, -0.1) is 0 Å². The van der Waals surface area contributed by atoms with E-state index in [4.69, 9.17) is 23.2 Å². The second kappa shape index (κ2) is 15.9. The van der Waals surface area contributed by atoms with Crippen LogP contribution in [0.4, 0.5) is 18.9 Å². The summed E-state index contributed by atoms with van der Waals surface area (Å²) in [5.41, 5.74) is -0.342. The highest BCUT2D eigenvalue weighted by atomic mass is 35.5. The van der Waals surface area contributed by atoms with Crippen molar-refractivity contribution < 1.29 is 31.2 Å². The maximum absolute atomic E-state index is 14.5. The Balaban J connectivity index is 1.85. The topological polar surface area (TPSA) is 86.8 Å². The number of nitrogens with zero attached hydrogens (tertiary/aromatic N) is 2. The molecule has 0 saturated carbocycles. The van der Waals surface area contributed by atoms with Gasteiger partial charge in [-0.2, -0.15) is 13.2 Å². The molecule has 0 saturated heterocycles. The molecule has 0 heterocycles. The lowest BCUT2D eigenvalue weighted by Crippen LogP contribution is -2.53. The van der Waals surface area contributed by atoms with Crippen LogP contribution in [0.15, 0.2) is 108 Å². The van der Waals surface area contributed by atoms with Gasteiger partial charge in [0.05, 0.1) is 16.1 Å². The van der Waals surface area contributed by atoms with Crippen molar-refractivity contribution in [2.24, 2.45) is 5.92 Å². The third-order valence-corrected chi connectivity index (χ3v) is 9.76. The number of hydrogen-bond donors (Lipinski definition) is 1. The van der Waals surface area contributed by atoms with Crippen LogP contribution >= 0.6 is 23.2 Å². The first kappa shape index (κ1) is 36.8. The molecule has 254 valence electrons. The Morgan fingerprint density at radius 2 is 1.50 bits per heavy atom. The molecule has 0 aromatic heterocycles. The summed E-state index contributed by atoms with van der Waals surface area (Å²) in [6.45, 7) is 2.96. The van der Waals surface area contributed by atoms with E-state index in [0.717, 1.165) is 12.1 Å². The number of carbonyl (C=O) groups is 2. The molecule has 0 unspecified atom stereocenters. The van der Waals surface area contributed by atoms with Gasteiger partial charge in [0.2, 0.25) is 11.8 Å². The zero-order chi connectivity index (χ0) is 35.1. The second-order valence-corrected chi connectivity index (χ2v) is 14.2. The van der Waals surface area contributed by atoms with Gasteiger partial charge in [0.15, 0.2) is 0 Å². The molecule has 0 fully saturated rings. The molecule has 7 nitrogen and oxygen atoms in total. The van der Waals surface area contributed by atoms with Crippen LogP contribution in [0.2, 0.25) is 10.0 Å². The van der Waals surface area contributed by atoms with E-state index in [1.54, 1.807) is 48.5 Å². The minimum absolute atomic E-state index is 0.0523. The predicted octanol–water partition coefficient (Wildman–Crippen LogP) is 7.62. The summed E-state index contributed by atoms with van der Waals surface area (Å²) in [5.74, 6) is -1.27. The number of benzene rings is 4. The summed E-state index contributed by atoms with van der Waals surface area (Å²) in [6, 6.07) is 23.2. The predicted molar refractivity (Wildman–Crippen MR) is 181 cm³/mol. The monoisotopic (exact) mass is 719 g/mol. The minimum Gasteiger partial charge on any atom is -0.354 e. The number of anilines is 1. The third kappa shape index (κ3) is 9.52. The Kier molecular flexibility index (Phi) is 12.2. The summed E-state index contributed by atoms with van der Waals surface area (Å²) in [6.07, 6.45) is -4.73. The fraction of sp³-hybridized carbons (Fsp3) is 0.257. The summed E-state index contributed by atoms with van der Waals surface area (Å²) in [7, 11) is -4.58. The molecule has 4 aromatic carbocycles. The van der Waals surface area contributed by atoms with E-state index >= 15 is 0 Å². The summed E-state index contributed by atoms with van der Waals surface area (Å²) >= 11 is 12.6. The lowest BCUT2D eigenvalue weighted by molar-refractivity contribution is -0.140. The van der Waals surface area contributed by atoms with Gasteiger partial charge in [-0.1, -0.05) is 97.7 Å². The van der Waals surface area contributed by atoms with Gasteiger partial charge in [-0.05, 0) is 59.5 Å². The molecule has 1 atom stereocenters. The van der Waals surface area contributed by atoms with E-state index in [2.05, 4.69) is 5.32 Å². The Morgan fingerprint density at radius 1 is 0.854 bits per heavy atom. The molecule has 0 aliphatic rings. The average molecular weight is 721 g/mol. The van der Waals surface area contributed by atoms with E-state index in [1.165, 1.54) is 41.3 Å². The van der Waals surface area contributed by atoms with Gasteiger partial charge in [0.1, 0.15) is 12.6 Å². The van der Waals surface area contributed by atoms with Crippen LogP contribution in [-0.4, -0.2) is 44.3 Å². The molecule has 4 aromatic rings. The molecule has 0 bridgehead atoms. The number of alkyl halides is 3. The molecule has 13 heteroatoms. The summed E-state index contributed by atoms with van der Waals surface area (Å²) in [4.78, 5) is 29.3. The fourth-order valence-electron chi connectivity index (χ4n) is 4.90. The SMILES string of the molecule is CC(C)CNC(=O)[C@H](Cc1ccccc1)N(Cc1ccc(Cl)cc1Cl)C(=O)CN(c1cccc(C(F)(F)F)c1)S(=O)(=O)c1ccccc1. The number of amides is 2. The first-order valence-electron chi connectivity index (χ1n) is 15.0. The molecule has 0 aliphatic heterocycles. The third-order valence-electron chi connectivity index (χ3n) is 7.38. The highest BCUT2D eigenvalue weighted by Gasteiger charge is 2.36. The second-order valence-electron chi connectivity index (χ2n) is 11.5. The van der Waals surface area contributed by atoms with Crippen LogP contribution in [0.1, 0.15) is 30.5 Å². The largest absolute Gasteiger partial charge is 0.416 e. The standard InChI is InChI=1S/C35H34Cl2F3N3O4S/c1-24(2)21-41-34(45)32(18-25-10-5-3-6-11-25)42(22-26-16-17-28(36)20-31(26)37)33(44)23-43(48(46,47)30-14-7-4-8-15-30)29-13-9-12-27(19-29)35(38,39)40/h3-17,19-20,24,32H,18,21-23H2,1-2H3,(H,41,45)/t32-/m0/s1. The van der Waals surface area contributed by atoms with Crippen LogP contribution in [-0.2, 0) is 38.8 Å². The lowest BCUT2D eigenvalue weighted by atomic mass is 10.0. The van der Waals surface area contributed by atoms with E-state index in [-0.39, 0.29) is 34.5 Å². The fourth-order valence-corrected chi connectivity index (χ4v) is 6.79. The van der Waals surface area contributed by atoms with Crippen molar-refractivity contribution in [1.82, 2.24) is 10.2 Å². The van der Waals surface area contributed by atoms with Crippen molar-refractivity contribution in [3.05, 3.63) is 130 Å². The smallest absolute Gasteiger partial charge is 0.354 e. The first-order chi connectivity index (χ1) is 22.7. The molecule has 4 rings (SSSR count). The minimum atomic E-state index is -4.78. The quantitative estimate of drug-likeness (QED) is 0.154. The maximum Gasteiger partial charge on any atom is 0.416 e. The number of hydrogen-bond acceptors (Lipinski definition) is 4. The molecular weight excluding hydrogens is 686 g/mol. The zero-order valence-electron chi connectivity index (χ0n) is 26.1. The molecule has 0 spiro atoms. The molecule has 48 heavy (non-hydrogen) atoms. The van der Waals surface area contributed by atoms with Crippen molar-refractivity contribution in [3.63, 3.8) is 0 Å². The summed E-state index contributed by atoms with van der Waals surface area (Å²) in [5, 5.41) is 3.41. The van der Waals surface area contributed by atoms with Crippen LogP contribution in [0.5, 0.6) is 0 Å². The van der Waals surface area contributed by atoms with Crippen molar-refractivity contribution in [1.29, 1.82) is 0 Å². The van der Waals surface area contributed by atoms with Gasteiger partial charge < -0.3 is 10.2 Å². The Bertz CT molecular complexity index is 1830. The van der Waals surface area contributed by atoms with E-state index in [0.29, 0.717) is 33.1 Å². The van der Waals surface area contributed by atoms with Gasteiger partial charge in [-0.25, -0.2) is 8.42 Å². The zero-order valence-corrected chi connectivity index (χ0v) is 28.5. The highest BCUT2D eigenvalue weighted by molar-refractivity contribution is 7.92. The molecule has 0 aliphatic carbocycles. The van der Waals surface area contributed by atoms with E-state index in [1.807, 2.05) is 13.8 Å². The normalized spacial score (nSPS) is 12.4. The number of nitrogens with one attached hydrogen (secondary N) is 1. The van der Waals surface area contributed by atoms with Crippen LogP contribution < -0.4 is 9.62 Å². The number of sulfonamides is 1. The lowest BCUT2D eigenvalue weighted by Gasteiger charge is -2.34. The van der Waals surface area contributed by atoms with Crippen molar-refractivity contribution in [2.75, 3.05) is 17.4 Å². The Morgan fingerprint density at radius 3 is 2.10 bits per heavy atom. The number of rotatable bonds is 13. The van der Waals surface area contributed by atoms with Crippen molar-refractivity contribution in [2.45, 2.75) is 43.9 Å². The molecular formula is C35H34Cl2F3N3O4S.